The van der Waals surface area contributed by atoms with Crippen LogP contribution in [0, 0.1) is 0 Å². The van der Waals surface area contributed by atoms with E-state index in [2.05, 4.69) is 39.8 Å². The van der Waals surface area contributed by atoms with Gasteiger partial charge in [-0.1, -0.05) is 109 Å². The van der Waals surface area contributed by atoms with Crippen LogP contribution in [-0.2, 0) is 0 Å². The van der Waals surface area contributed by atoms with Gasteiger partial charge < -0.3 is 0 Å². The second kappa shape index (κ2) is 14.9. The van der Waals surface area contributed by atoms with Gasteiger partial charge >= 0.3 is 0 Å². The highest BCUT2D eigenvalue weighted by Gasteiger charge is 2.24. The van der Waals surface area contributed by atoms with Crippen molar-refractivity contribution in [3.05, 3.63) is 12.2 Å². The van der Waals surface area contributed by atoms with Gasteiger partial charge in [0.15, 0.2) is 0 Å². The first-order valence-electron chi connectivity index (χ1n) is 9.89. The van der Waals surface area contributed by atoms with E-state index in [-0.39, 0.29) is 0 Å². The van der Waals surface area contributed by atoms with E-state index in [4.69, 9.17) is 0 Å². The van der Waals surface area contributed by atoms with Crippen LogP contribution in [0.2, 0.25) is 24.2 Å². The van der Waals surface area contributed by atoms with Crippen molar-refractivity contribution in [2.75, 3.05) is 0 Å². The predicted molar refractivity (Wildman–Crippen MR) is 103 cm³/mol. The van der Waals surface area contributed by atoms with Crippen LogP contribution in [0.5, 0.6) is 0 Å². The third-order valence-corrected chi connectivity index (χ3v) is 11.0. The summed E-state index contributed by atoms with van der Waals surface area (Å²) in [6.07, 6.45) is 19.3. The molecule has 0 radical (unpaired) electrons. The highest BCUT2D eigenvalue weighted by atomic mass is 28.3. The van der Waals surface area contributed by atoms with Gasteiger partial charge in [-0.25, -0.2) is 0 Å². The average Bonchev–Trinajstić information content (AvgIpc) is 2.53. The zero-order chi connectivity index (χ0) is 15.8. The molecule has 0 aromatic rings. The van der Waals surface area contributed by atoms with Crippen LogP contribution in [0.15, 0.2) is 12.2 Å². The molecular weight excluding hydrogens is 268 g/mol. The third kappa shape index (κ3) is 11.2. The Hall–Kier alpha value is -0.0431. The van der Waals surface area contributed by atoms with Gasteiger partial charge in [0.25, 0.3) is 0 Å². The molecule has 0 heterocycles. The van der Waals surface area contributed by atoms with E-state index in [1.165, 1.54) is 88.4 Å². The minimum atomic E-state index is -0.902. The lowest BCUT2D eigenvalue weighted by Gasteiger charge is -2.26. The quantitative estimate of drug-likeness (QED) is 0.163. The van der Waals surface area contributed by atoms with Crippen LogP contribution in [0.1, 0.15) is 91.9 Å². The second-order valence-electron chi connectivity index (χ2n) is 6.85. The minimum absolute atomic E-state index is 0.902. The highest BCUT2D eigenvalue weighted by Crippen LogP contribution is 2.25. The first-order valence-corrected chi connectivity index (χ1v) is 12.7. The summed E-state index contributed by atoms with van der Waals surface area (Å²) in [5, 5.41) is 0. The average molecular weight is 311 g/mol. The molecule has 0 bridgehead atoms. The fourth-order valence-corrected chi connectivity index (χ4v) is 6.24. The molecule has 0 aromatic heterocycles. The van der Waals surface area contributed by atoms with Gasteiger partial charge in [0.1, 0.15) is 0 Å². The Morgan fingerprint density at radius 3 is 1.52 bits per heavy atom. The highest BCUT2D eigenvalue weighted by molar-refractivity contribution is 6.80. The molecule has 0 aliphatic carbocycles. The van der Waals surface area contributed by atoms with Gasteiger partial charge in [-0.15, -0.1) is 0 Å². The lowest BCUT2D eigenvalue weighted by molar-refractivity contribution is 0.566. The van der Waals surface area contributed by atoms with Crippen molar-refractivity contribution in [3.8, 4) is 0 Å². The van der Waals surface area contributed by atoms with E-state index in [9.17, 15) is 0 Å². The Bertz CT molecular complexity index is 220. The predicted octanol–water partition coefficient (Wildman–Crippen LogP) is 7.97. The summed E-state index contributed by atoms with van der Waals surface area (Å²) >= 11 is 0. The van der Waals surface area contributed by atoms with Crippen molar-refractivity contribution in [1.82, 2.24) is 0 Å². The van der Waals surface area contributed by atoms with Crippen LogP contribution in [0.4, 0.5) is 0 Å². The van der Waals surface area contributed by atoms with E-state index in [0.717, 1.165) is 0 Å². The SMILES string of the molecule is CCCCCCCCCCC/C=C/C[Si](CC)(CC)CC. The molecule has 0 aliphatic rings. The fourth-order valence-electron chi connectivity index (χ4n) is 3.21. The maximum Gasteiger partial charge on any atom is 0.0565 e. The molecule has 0 amide bonds. The second-order valence-corrected chi connectivity index (χ2v) is 12.4. The van der Waals surface area contributed by atoms with Gasteiger partial charge in [0, 0.05) is 0 Å². The van der Waals surface area contributed by atoms with Crippen LogP contribution < -0.4 is 0 Å². The fraction of sp³-hybridized carbons (Fsp3) is 0.900. The summed E-state index contributed by atoms with van der Waals surface area (Å²) in [6, 6.07) is 5.81. The Morgan fingerprint density at radius 1 is 0.571 bits per heavy atom. The van der Waals surface area contributed by atoms with Crippen molar-refractivity contribution >= 4 is 8.07 Å². The van der Waals surface area contributed by atoms with Gasteiger partial charge in [0.2, 0.25) is 0 Å². The summed E-state index contributed by atoms with van der Waals surface area (Å²) in [4.78, 5) is 0. The lowest BCUT2D eigenvalue weighted by Crippen LogP contribution is -2.29. The van der Waals surface area contributed by atoms with Crippen molar-refractivity contribution < 1.29 is 0 Å². The first kappa shape index (κ1) is 21.0. The summed E-state index contributed by atoms with van der Waals surface area (Å²) in [5.41, 5.74) is 0. The van der Waals surface area contributed by atoms with Crippen molar-refractivity contribution in [2.45, 2.75) is 116 Å². The number of hydrogen-bond acceptors (Lipinski definition) is 0. The van der Waals surface area contributed by atoms with E-state index in [0.29, 0.717) is 0 Å². The Balaban J connectivity index is 3.44. The van der Waals surface area contributed by atoms with Gasteiger partial charge in [-0.2, -0.15) is 0 Å². The maximum absolute atomic E-state index is 2.52. The molecule has 0 N–H and O–H groups in total. The lowest BCUT2D eigenvalue weighted by atomic mass is 10.1. The molecule has 0 nitrogen and oxygen atoms in total. The summed E-state index contributed by atoms with van der Waals surface area (Å²) in [6.45, 7) is 9.52. The number of allylic oxidation sites excluding steroid dienone is 2. The normalized spacial score (nSPS) is 12.4. The van der Waals surface area contributed by atoms with Gasteiger partial charge in [0.05, 0.1) is 8.07 Å². The minimum Gasteiger partial charge on any atom is -0.0912 e. The standard InChI is InChI=1S/C20H42Si/c1-5-9-10-11-12-13-14-15-16-17-18-19-20-21(6-2,7-3)8-4/h18-19H,5-17,20H2,1-4H3/b19-18+. The van der Waals surface area contributed by atoms with Crippen molar-refractivity contribution in [3.63, 3.8) is 0 Å². The molecule has 126 valence electrons. The Kier molecular flexibility index (Phi) is 14.8. The Morgan fingerprint density at radius 2 is 1.05 bits per heavy atom. The smallest absolute Gasteiger partial charge is 0.0565 e. The zero-order valence-electron chi connectivity index (χ0n) is 15.6. The maximum atomic E-state index is 2.52. The summed E-state index contributed by atoms with van der Waals surface area (Å²) in [7, 11) is -0.902. The van der Waals surface area contributed by atoms with E-state index in [1.54, 1.807) is 0 Å². The molecular formula is C20H42Si. The van der Waals surface area contributed by atoms with E-state index < -0.39 is 8.07 Å². The summed E-state index contributed by atoms with van der Waals surface area (Å²) < 4.78 is 0. The van der Waals surface area contributed by atoms with Crippen LogP contribution in [0.3, 0.4) is 0 Å². The molecule has 1 heteroatoms. The molecule has 0 spiro atoms. The van der Waals surface area contributed by atoms with E-state index in [1.807, 2.05) is 0 Å². The van der Waals surface area contributed by atoms with E-state index >= 15 is 0 Å². The van der Waals surface area contributed by atoms with Gasteiger partial charge in [-0.3, -0.25) is 0 Å². The molecule has 0 saturated heterocycles. The largest absolute Gasteiger partial charge is 0.0912 e. The molecule has 0 saturated carbocycles. The monoisotopic (exact) mass is 310 g/mol. The number of rotatable bonds is 15. The van der Waals surface area contributed by atoms with Crippen LogP contribution in [0.25, 0.3) is 0 Å². The summed E-state index contributed by atoms with van der Waals surface area (Å²) in [5.74, 6) is 0. The van der Waals surface area contributed by atoms with Gasteiger partial charge in [-0.05, 0) is 18.9 Å². The van der Waals surface area contributed by atoms with Crippen LogP contribution in [-0.4, -0.2) is 8.07 Å². The van der Waals surface area contributed by atoms with Crippen molar-refractivity contribution in [1.29, 1.82) is 0 Å². The molecule has 0 aliphatic heterocycles. The molecule has 0 rings (SSSR count). The number of unbranched alkanes of at least 4 members (excludes halogenated alkanes) is 9. The van der Waals surface area contributed by atoms with Crippen LogP contribution >= 0.6 is 0 Å². The zero-order valence-corrected chi connectivity index (χ0v) is 16.6. The number of hydrogen-bond donors (Lipinski definition) is 0. The Labute approximate surface area is 136 Å². The molecule has 21 heavy (non-hydrogen) atoms. The third-order valence-electron chi connectivity index (χ3n) is 5.44. The topological polar surface area (TPSA) is 0 Å². The molecule has 0 fully saturated rings. The molecule has 0 aromatic carbocycles. The van der Waals surface area contributed by atoms with Crippen molar-refractivity contribution in [2.24, 2.45) is 0 Å². The molecule has 0 atom stereocenters. The molecule has 0 unspecified atom stereocenters. The first-order chi connectivity index (χ1) is 10.2.